The second-order valence-corrected chi connectivity index (χ2v) is 4.16. The van der Waals surface area contributed by atoms with Gasteiger partial charge in [-0.2, -0.15) is 0 Å². The van der Waals surface area contributed by atoms with Crippen LogP contribution in [0.4, 0.5) is 0 Å². The van der Waals surface area contributed by atoms with Crippen molar-refractivity contribution in [1.82, 2.24) is 24.9 Å². The fraction of sp³-hybridized carbons (Fsp3) is 0.545. The molecule has 2 aromatic rings. The average molecular weight is 233 g/mol. The predicted octanol–water partition coefficient (Wildman–Crippen LogP) is 0.216. The van der Waals surface area contributed by atoms with Gasteiger partial charge in [-0.1, -0.05) is 6.92 Å². The normalized spacial score (nSPS) is 24.5. The van der Waals surface area contributed by atoms with E-state index in [1.165, 1.54) is 0 Å². The topological polar surface area (TPSA) is 64.3 Å². The Kier molecular flexibility index (Phi) is 2.74. The lowest BCUT2D eigenvalue weighted by Crippen LogP contribution is -2.34. The molecule has 3 rings (SSSR count). The first-order valence-corrected chi connectivity index (χ1v) is 5.87. The zero-order valence-electron chi connectivity index (χ0n) is 9.71. The highest BCUT2D eigenvalue weighted by molar-refractivity contribution is 5.28. The van der Waals surface area contributed by atoms with Crippen LogP contribution in [0.2, 0.25) is 0 Å². The van der Waals surface area contributed by atoms with Crippen LogP contribution in [-0.2, 0) is 4.74 Å². The van der Waals surface area contributed by atoms with Gasteiger partial charge in [0, 0.05) is 18.4 Å². The molecule has 0 aliphatic carbocycles. The first kappa shape index (κ1) is 10.6. The van der Waals surface area contributed by atoms with Crippen LogP contribution in [0.1, 0.15) is 18.7 Å². The molecule has 6 nitrogen and oxygen atoms in total. The van der Waals surface area contributed by atoms with E-state index < -0.39 is 0 Å². The quantitative estimate of drug-likeness (QED) is 0.821. The van der Waals surface area contributed by atoms with Gasteiger partial charge in [-0.3, -0.25) is 4.40 Å². The molecule has 0 aromatic carbocycles. The Balaban J connectivity index is 1.97. The number of likely N-dealkylation sites (N-methyl/N-ethyl adjacent to an activating group) is 1. The van der Waals surface area contributed by atoms with Crippen LogP contribution in [0.25, 0.3) is 5.78 Å². The first-order chi connectivity index (χ1) is 8.40. The summed E-state index contributed by atoms with van der Waals surface area (Å²) < 4.78 is 7.47. The summed E-state index contributed by atoms with van der Waals surface area (Å²) in [6.45, 7) is 4.44. The van der Waals surface area contributed by atoms with Crippen molar-refractivity contribution >= 4 is 5.78 Å². The zero-order chi connectivity index (χ0) is 11.7. The average Bonchev–Trinajstić information content (AvgIpc) is 2.95. The van der Waals surface area contributed by atoms with E-state index in [2.05, 4.69) is 27.4 Å². The summed E-state index contributed by atoms with van der Waals surface area (Å²) in [6, 6.07) is 2.20. The maximum absolute atomic E-state index is 5.53. The molecule has 2 unspecified atom stereocenters. The zero-order valence-corrected chi connectivity index (χ0v) is 9.71. The van der Waals surface area contributed by atoms with Crippen molar-refractivity contribution in [2.24, 2.45) is 0 Å². The van der Waals surface area contributed by atoms with Gasteiger partial charge < -0.3 is 10.1 Å². The maximum atomic E-state index is 5.53. The molecule has 1 fully saturated rings. The van der Waals surface area contributed by atoms with Crippen molar-refractivity contribution in [2.45, 2.75) is 18.9 Å². The molecule has 1 N–H and O–H groups in total. The Morgan fingerprint density at radius 2 is 2.41 bits per heavy atom. The number of ether oxygens (including phenoxy) is 1. The minimum Gasteiger partial charge on any atom is -0.379 e. The monoisotopic (exact) mass is 233 g/mol. The van der Waals surface area contributed by atoms with Crippen molar-refractivity contribution in [3.05, 3.63) is 24.3 Å². The van der Waals surface area contributed by atoms with Crippen molar-refractivity contribution < 1.29 is 4.74 Å². The Labute approximate surface area is 99.0 Å². The van der Waals surface area contributed by atoms with Crippen LogP contribution in [0.15, 0.2) is 18.5 Å². The Hall–Kier alpha value is -1.53. The largest absolute Gasteiger partial charge is 0.379 e. The summed E-state index contributed by atoms with van der Waals surface area (Å²) in [6.07, 6.45) is 3.67. The van der Waals surface area contributed by atoms with Crippen molar-refractivity contribution in [1.29, 1.82) is 0 Å². The number of hydrogen-bond donors (Lipinski definition) is 1. The smallest absolute Gasteiger partial charge is 0.254 e. The SMILES string of the molecule is CCNC1COCC1c1nnc2ncccn12. The van der Waals surface area contributed by atoms with Gasteiger partial charge in [-0.05, 0) is 12.6 Å². The molecule has 17 heavy (non-hydrogen) atoms. The number of nitrogens with zero attached hydrogens (tertiary/aromatic N) is 4. The van der Waals surface area contributed by atoms with Gasteiger partial charge in [0.05, 0.1) is 19.1 Å². The lowest BCUT2D eigenvalue weighted by atomic mass is 10.0. The lowest BCUT2D eigenvalue weighted by molar-refractivity contribution is 0.187. The molecule has 90 valence electrons. The molecule has 0 bridgehead atoms. The second-order valence-electron chi connectivity index (χ2n) is 4.16. The Bertz CT molecular complexity index is 511. The fourth-order valence-corrected chi connectivity index (χ4v) is 2.29. The van der Waals surface area contributed by atoms with Gasteiger partial charge in [0.1, 0.15) is 5.82 Å². The van der Waals surface area contributed by atoms with Crippen LogP contribution < -0.4 is 5.32 Å². The van der Waals surface area contributed by atoms with E-state index in [1.807, 2.05) is 16.7 Å². The standard InChI is InChI=1S/C11H15N5O/c1-2-12-9-7-17-6-8(9)10-14-15-11-13-4-3-5-16(10)11/h3-5,8-9,12H,2,6-7H2,1H3. The number of nitrogens with one attached hydrogen (secondary N) is 1. The summed E-state index contributed by atoms with van der Waals surface area (Å²) in [5, 5.41) is 11.7. The lowest BCUT2D eigenvalue weighted by Gasteiger charge is -2.16. The van der Waals surface area contributed by atoms with E-state index in [0.29, 0.717) is 18.4 Å². The molecule has 0 saturated carbocycles. The molecular weight excluding hydrogens is 218 g/mol. The van der Waals surface area contributed by atoms with Crippen molar-refractivity contribution in [3.8, 4) is 0 Å². The highest BCUT2D eigenvalue weighted by Crippen LogP contribution is 2.24. The summed E-state index contributed by atoms with van der Waals surface area (Å²) in [4.78, 5) is 4.17. The third-order valence-electron chi connectivity index (χ3n) is 3.09. The third kappa shape index (κ3) is 1.79. The number of rotatable bonds is 3. The molecule has 2 atom stereocenters. The van der Waals surface area contributed by atoms with Gasteiger partial charge >= 0.3 is 0 Å². The van der Waals surface area contributed by atoms with Gasteiger partial charge in [0.25, 0.3) is 5.78 Å². The summed E-state index contributed by atoms with van der Waals surface area (Å²) in [7, 11) is 0. The Morgan fingerprint density at radius 1 is 1.47 bits per heavy atom. The second kappa shape index (κ2) is 4.38. The van der Waals surface area contributed by atoms with Crippen LogP contribution in [-0.4, -0.2) is 45.4 Å². The number of aromatic nitrogens is 4. The molecule has 1 aliphatic rings. The molecule has 0 radical (unpaired) electrons. The molecule has 0 amide bonds. The van der Waals surface area contributed by atoms with Crippen LogP contribution in [0, 0.1) is 0 Å². The van der Waals surface area contributed by atoms with E-state index >= 15 is 0 Å². The first-order valence-electron chi connectivity index (χ1n) is 5.87. The van der Waals surface area contributed by atoms with E-state index in [0.717, 1.165) is 19.0 Å². The number of hydrogen-bond acceptors (Lipinski definition) is 5. The minimum atomic E-state index is 0.245. The summed E-state index contributed by atoms with van der Waals surface area (Å²) in [5.74, 6) is 1.82. The minimum absolute atomic E-state index is 0.245. The van der Waals surface area contributed by atoms with Gasteiger partial charge in [-0.15, -0.1) is 10.2 Å². The molecular formula is C11H15N5O. The van der Waals surface area contributed by atoms with Crippen LogP contribution in [0.3, 0.4) is 0 Å². The predicted molar refractivity (Wildman–Crippen MR) is 61.8 cm³/mol. The molecule has 2 aromatic heterocycles. The molecule has 6 heteroatoms. The Morgan fingerprint density at radius 3 is 3.29 bits per heavy atom. The molecule has 1 aliphatic heterocycles. The van der Waals surface area contributed by atoms with Gasteiger partial charge in [0.2, 0.25) is 0 Å². The van der Waals surface area contributed by atoms with E-state index in [9.17, 15) is 0 Å². The van der Waals surface area contributed by atoms with E-state index in [-0.39, 0.29) is 5.92 Å². The third-order valence-corrected chi connectivity index (χ3v) is 3.09. The van der Waals surface area contributed by atoms with Gasteiger partial charge in [-0.25, -0.2) is 4.98 Å². The van der Waals surface area contributed by atoms with Crippen molar-refractivity contribution in [2.75, 3.05) is 19.8 Å². The molecule has 1 saturated heterocycles. The highest BCUT2D eigenvalue weighted by atomic mass is 16.5. The van der Waals surface area contributed by atoms with Gasteiger partial charge in [0.15, 0.2) is 0 Å². The van der Waals surface area contributed by atoms with Crippen molar-refractivity contribution in [3.63, 3.8) is 0 Å². The fourth-order valence-electron chi connectivity index (χ4n) is 2.29. The van der Waals surface area contributed by atoms with E-state index in [1.54, 1.807) is 6.20 Å². The number of fused-ring (bicyclic) bond motifs is 1. The van der Waals surface area contributed by atoms with Crippen LogP contribution >= 0.6 is 0 Å². The molecule has 0 spiro atoms. The van der Waals surface area contributed by atoms with E-state index in [4.69, 9.17) is 4.74 Å². The summed E-state index contributed by atoms with van der Waals surface area (Å²) >= 11 is 0. The maximum Gasteiger partial charge on any atom is 0.254 e. The molecule has 3 heterocycles. The van der Waals surface area contributed by atoms with Crippen LogP contribution in [0.5, 0.6) is 0 Å². The highest BCUT2D eigenvalue weighted by Gasteiger charge is 2.32. The summed E-state index contributed by atoms with van der Waals surface area (Å²) in [5.41, 5.74) is 0.